The number of methoxy groups -OCH3 is 1. The van der Waals surface area contributed by atoms with E-state index in [2.05, 4.69) is 6.92 Å². The molecule has 0 saturated heterocycles. The van der Waals surface area contributed by atoms with Crippen LogP contribution < -0.4 is 4.74 Å². The van der Waals surface area contributed by atoms with Crippen LogP contribution in [0.4, 0.5) is 0 Å². The Morgan fingerprint density at radius 3 is 2.31 bits per heavy atom. The van der Waals surface area contributed by atoms with Crippen LogP contribution in [0.5, 0.6) is 5.75 Å². The second-order valence-corrected chi connectivity index (χ2v) is 4.12. The molecule has 2 heteroatoms. The van der Waals surface area contributed by atoms with Gasteiger partial charge in [0.05, 0.1) is 7.11 Å². The quantitative estimate of drug-likeness (QED) is 0.749. The van der Waals surface area contributed by atoms with Crippen molar-refractivity contribution >= 4 is 11.6 Å². The number of aryl methyl sites for hydroxylation is 1. The van der Waals surface area contributed by atoms with Crippen molar-refractivity contribution in [2.75, 3.05) is 7.11 Å². The number of rotatable bonds is 2. The van der Waals surface area contributed by atoms with Gasteiger partial charge < -0.3 is 4.74 Å². The maximum atomic E-state index is 6.00. The minimum absolute atomic E-state index is 0.761. The Morgan fingerprint density at radius 1 is 1.00 bits per heavy atom. The summed E-state index contributed by atoms with van der Waals surface area (Å²) >= 11 is 6.00. The summed E-state index contributed by atoms with van der Waals surface area (Å²) in [5.74, 6) is 0.864. The molecule has 0 aromatic heterocycles. The molecule has 82 valence electrons. The Balaban J connectivity index is 2.45. The third-order valence-corrected chi connectivity index (χ3v) is 2.84. The minimum atomic E-state index is 0.761. The molecule has 2 aromatic rings. The fourth-order valence-electron chi connectivity index (χ4n) is 1.68. The van der Waals surface area contributed by atoms with Gasteiger partial charge in [-0.15, -0.1) is 0 Å². The molecule has 0 amide bonds. The van der Waals surface area contributed by atoms with Gasteiger partial charge >= 0.3 is 0 Å². The smallest absolute Gasteiger partial charge is 0.118 e. The van der Waals surface area contributed by atoms with Crippen LogP contribution in [0, 0.1) is 6.92 Å². The maximum absolute atomic E-state index is 6.00. The van der Waals surface area contributed by atoms with Crippen LogP contribution in [0.2, 0.25) is 5.02 Å². The molecular formula is C14H13ClO. The van der Waals surface area contributed by atoms with Gasteiger partial charge in [0.2, 0.25) is 0 Å². The molecule has 0 heterocycles. The van der Waals surface area contributed by atoms with E-state index in [-0.39, 0.29) is 0 Å². The van der Waals surface area contributed by atoms with E-state index in [1.807, 2.05) is 42.5 Å². The van der Waals surface area contributed by atoms with Crippen LogP contribution in [0.3, 0.4) is 0 Å². The predicted octanol–water partition coefficient (Wildman–Crippen LogP) is 4.32. The van der Waals surface area contributed by atoms with Crippen molar-refractivity contribution in [3.05, 3.63) is 53.1 Å². The summed E-state index contributed by atoms with van der Waals surface area (Å²) in [4.78, 5) is 0. The lowest BCUT2D eigenvalue weighted by Crippen LogP contribution is -1.85. The first-order valence-corrected chi connectivity index (χ1v) is 5.49. The van der Waals surface area contributed by atoms with Crippen molar-refractivity contribution in [2.24, 2.45) is 0 Å². The first kappa shape index (κ1) is 11.0. The van der Waals surface area contributed by atoms with Crippen LogP contribution in [0.15, 0.2) is 42.5 Å². The topological polar surface area (TPSA) is 9.23 Å². The van der Waals surface area contributed by atoms with E-state index in [1.165, 1.54) is 5.56 Å². The number of hydrogen-bond acceptors (Lipinski definition) is 1. The summed E-state index contributed by atoms with van der Waals surface area (Å²) in [6, 6.07) is 13.9. The molecule has 0 unspecified atom stereocenters. The van der Waals surface area contributed by atoms with E-state index in [1.54, 1.807) is 7.11 Å². The zero-order valence-electron chi connectivity index (χ0n) is 9.33. The van der Waals surface area contributed by atoms with Gasteiger partial charge in [-0.05, 0) is 47.9 Å². The number of ether oxygens (including phenoxy) is 1. The van der Waals surface area contributed by atoms with E-state index in [0.29, 0.717) is 0 Å². The van der Waals surface area contributed by atoms with Gasteiger partial charge in [0.25, 0.3) is 0 Å². The average molecular weight is 233 g/mol. The number of hydrogen-bond donors (Lipinski definition) is 0. The highest BCUT2D eigenvalue weighted by atomic mass is 35.5. The summed E-state index contributed by atoms with van der Waals surface area (Å²) in [5, 5.41) is 0.761. The minimum Gasteiger partial charge on any atom is -0.497 e. The molecule has 0 aliphatic rings. The summed E-state index contributed by atoms with van der Waals surface area (Å²) in [7, 11) is 1.67. The van der Waals surface area contributed by atoms with Gasteiger partial charge in [0.15, 0.2) is 0 Å². The highest BCUT2D eigenvalue weighted by molar-refractivity contribution is 6.30. The molecular weight excluding hydrogens is 220 g/mol. The molecule has 2 rings (SSSR count). The van der Waals surface area contributed by atoms with Crippen molar-refractivity contribution < 1.29 is 4.74 Å². The Kier molecular flexibility index (Phi) is 3.16. The summed E-state index contributed by atoms with van der Waals surface area (Å²) in [5.41, 5.74) is 3.53. The Morgan fingerprint density at radius 2 is 1.69 bits per heavy atom. The standard InChI is InChI=1S/C14H13ClO/c1-10-3-6-12(15)9-14(10)11-4-7-13(16-2)8-5-11/h3-9H,1-2H3. The highest BCUT2D eigenvalue weighted by Gasteiger charge is 2.02. The number of halogens is 1. The fourth-order valence-corrected chi connectivity index (χ4v) is 1.85. The van der Waals surface area contributed by atoms with E-state index >= 15 is 0 Å². The molecule has 0 aliphatic carbocycles. The summed E-state index contributed by atoms with van der Waals surface area (Å²) in [6.07, 6.45) is 0. The van der Waals surface area contributed by atoms with Crippen molar-refractivity contribution in [1.29, 1.82) is 0 Å². The first-order chi connectivity index (χ1) is 7.70. The average Bonchev–Trinajstić information content (AvgIpc) is 2.32. The van der Waals surface area contributed by atoms with Gasteiger partial charge in [-0.1, -0.05) is 29.8 Å². The molecule has 0 N–H and O–H groups in total. The van der Waals surface area contributed by atoms with Crippen LogP contribution in [0.1, 0.15) is 5.56 Å². The Bertz CT molecular complexity index is 489. The molecule has 0 bridgehead atoms. The van der Waals surface area contributed by atoms with E-state index in [9.17, 15) is 0 Å². The molecule has 0 saturated carbocycles. The zero-order chi connectivity index (χ0) is 11.5. The van der Waals surface area contributed by atoms with Gasteiger partial charge in [-0.3, -0.25) is 0 Å². The highest BCUT2D eigenvalue weighted by Crippen LogP contribution is 2.27. The second kappa shape index (κ2) is 4.58. The van der Waals surface area contributed by atoms with Crippen molar-refractivity contribution in [3.63, 3.8) is 0 Å². The van der Waals surface area contributed by atoms with E-state index in [0.717, 1.165) is 21.9 Å². The summed E-state index contributed by atoms with van der Waals surface area (Å²) < 4.78 is 5.13. The molecule has 0 atom stereocenters. The monoisotopic (exact) mass is 232 g/mol. The third kappa shape index (κ3) is 2.20. The van der Waals surface area contributed by atoms with Crippen LogP contribution in [0.25, 0.3) is 11.1 Å². The Labute approximate surface area is 101 Å². The van der Waals surface area contributed by atoms with Crippen molar-refractivity contribution in [3.8, 4) is 16.9 Å². The molecule has 0 fully saturated rings. The first-order valence-electron chi connectivity index (χ1n) is 5.11. The molecule has 1 nitrogen and oxygen atoms in total. The lowest BCUT2D eigenvalue weighted by Gasteiger charge is -2.07. The molecule has 16 heavy (non-hydrogen) atoms. The van der Waals surface area contributed by atoms with Crippen LogP contribution in [-0.2, 0) is 0 Å². The van der Waals surface area contributed by atoms with E-state index in [4.69, 9.17) is 16.3 Å². The van der Waals surface area contributed by atoms with Crippen LogP contribution >= 0.6 is 11.6 Å². The molecule has 0 aliphatic heterocycles. The van der Waals surface area contributed by atoms with Gasteiger partial charge in [-0.25, -0.2) is 0 Å². The lowest BCUT2D eigenvalue weighted by atomic mass is 10.0. The lowest BCUT2D eigenvalue weighted by molar-refractivity contribution is 0.415. The SMILES string of the molecule is COc1ccc(-c2cc(Cl)ccc2C)cc1. The Hall–Kier alpha value is -1.47. The van der Waals surface area contributed by atoms with Crippen molar-refractivity contribution in [1.82, 2.24) is 0 Å². The molecule has 0 spiro atoms. The predicted molar refractivity (Wildman–Crippen MR) is 68.2 cm³/mol. The second-order valence-electron chi connectivity index (χ2n) is 3.69. The van der Waals surface area contributed by atoms with Crippen molar-refractivity contribution in [2.45, 2.75) is 6.92 Å². The number of benzene rings is 2. The normalized spacial score (nSPS) is 10.2. The van der Waals surface area contributed by atoms with Gasteiger partial charge in [0.1, 0.15) is 5.75 Å². The third-order valence-electron chi connectivity index (χ3n) is 2.60. The van der Waals surface area contributed by atoms with Gasteiger partial charge in [0, 0.05) is 5.02 Å². The van der Waals surface area contributed by atoms with Crippen LogP contribution in [-0.4, -0.2) is 7.11 Å². The molecule has 0 radical (unpaired) electrons. The van der Waals surface area contributed by atoms with E-state index < -0.39 is 0 Å². The molecule has 2 aromatic carbocycles. The van der Waals surface area contributed by atoms with Gasteiger partial charge in [-0.2, -0.15) is 0 Å². The fraction of sp³-hybridized carbons (Fsp3) is 0.143. The summed E-state index contributed by atoms with van der Waals surface area (Å²) in [6.45, 7) is 2.08. The zero-order valence-corrected chi connectivity index (χ0v) is 10.1. The maximum Gasteiger partial charge on any atom is 0.118 e. The largest absolute Gasteiger partial charge is 0.497 e.